The van der Waals surface area contributed by atoms with Gasteiger partial charge in [0.1, 0.15) is 17.5 Å². The minimum absolute atomic E-state index is 0.209. The molecule has 0 spiro atoms. The van der Waals surface area contributed by atoms with Crippen LogP contribution in [0.2, 0.25) is 0 Å². The Morgan fingerprint density at radius 1 is 1.10 bits per heavy atom. The van der Waals surface area contributed by atoms with Gasteiger partial charge in [0.15, 0.2) is 0 Å². The van der Waals surface area contributed by atoms with Gasteiger partial charge >= 0.3 is 6.18 Å². The fourth-order valence-corrected chi connectivity index (χ4v) is 2.91. The number of carbonyl (C=O) groups is 2. The van der Waals surface area contributed by atoms with E-state index in [-0.39, 0.29) is 29.8 Å². The number of Topliss-reactive ketones (excluding diaryl/α,β-unsaturated/α-hetero) is 2. The van der Waals surface area contributed by atoms with Crippen molar-refractivity contribution < 1.29 is 22.8 Å². The highest BCUT2D eigenvalue weighted by Gasteiger charge is 2.41. The molecule has 21 heavy (non-hydrogen) atoms. The predicted octanol–water partition coefficient (Wildman–Crippen LogP) is 4.06. The number of carbonyl (C=O) groups excluding carboxylic acids is 2. The Labute approximate surface area is 121 Å². The molecule has 0 unspecified atom stereocenters. The Bertz CT molecular complexity index is 580. The van der Waals surface area contributed by atoms with Crippen LogP contribution in [0.1, 0.15) is 49.3 Å². The standard InChI is InChI=1S/C16H17F3O2/c1-9-6-10(16(17,18)19)4-5-11(9)14-12(20)7-15(2,3)8-13(14)21/h4-6,14H,7-8H2,1-3H3. The number of hydrogen-bond donors (Lipinski definition) is 0. The monoisotopic (exact) mass is 298 g/mol. The molecule has 2 rings (SSSR count). The van der Waals surface area contributed by atoms with E-state index in [1.165, 1.54) is 13.0 Å². The van der Waals surface area contributed by atoms with Gasteiger partial charge in [-0.2, -0.15) is 13.2 Å². The molecule has 0 amide bonds. The molecular formula is C16H17F3O2. The number of benzene rings is 1. The molecule has 0 atom stereocenters. The molecule has 0 aliphatic heterocycles. The summed E-state index contributed by atoms with van der Waals surface area (Å²) in [6, 6.07) is 3.19. The summed E-state index contributed by atoms with van der Waals surface area (Å²) >= 11 is 0. The van der Waals surface area contributed by atoms with Crippen molar-refractivity contribution in [2.24, 2.45) is 5.41 Å². The van der Waals surface area contributed by atoms with E-state index in [4.69, 9.17) is 0 Å². The highest BCUT2D eigenvalue weighted by Crippen LogP contribution is 2.40. The van der Waals surface area contributed by atoms with Gasteiger partial charge in [0.2, 0.25) is 0 Å². The van der Waals surface area contributed by atoms with Crippen molar-refractivity contribution in [1.82, 2.24) is 0 Å². The van der Waals surface area contributed by atoms with Crippen LogP contribution in [0.3, 0.4) is 0 Å². The van der Waals surface area contributed by atoms with Crippen molar-refractivity contribution >= 4 is 11.6 Å². The predicted molar refractivity (Wildman–Crippen MR) is 72.0 cm³/mol. The van der Waals surface area contributed by atoms with Crippen molar-refractivity contribution in [1.29, 1.82) is 0 Å². The third-order valence-corrected chi connectivity index (χ3v) is 3.86. The average molecular weight is 298 g/mol. The number of hydrogen-bond acceptors (Lipinski definition) is 2. The van der Waals surface area contributed by atoms with Gasteiger partial charge in [0.05, 0.1) is 5.56 Å². The van der Waals surface area contributed by atoms with Crippen LogP contribution in [0.4, 0.5) is 13.2 Å². The van der Waals surface area contributed by atoms with E-state index >= 15 is 0 Å². The summed E-state index contributed by atoms with van der Waals surface area (Å²) in [4.78, 5) is 24.4. The second-order valence-corrected chi connectivity index (χ2v) is 6.45. The second-order valence-electron chi connectivity index (χ2n) is 6.45. The van der Waals surface area contributed by atoms with Crippen molar-refractivity contribution in [2.45, 2.75) is 45.7 Å². The summed E-state index contributed by atoms with van der Waals surface area (Å²) in [6.45, 7) is 5.20. The quantitative estimate of drug-likeness (QED) is 0.733. The van der Waals surface area contributed by atoms with Gasteiger partial charge < -0.3 is 0 Å². The van der Waals surface area contributed by atoms with Crippen LogP contribution in [0.5, 0.6) is 0 Å². The minimum Gasteiger partial charge on any atom is -0.299 e. The van der Waals surface area contributed by atoms with Crippen LogP contribution in [-0.2, 0) is 15.8 Å². The molecule has 0 N–H and O–H groups in total. The lowest BCUT2D eigenvalue weighted by Crippen LogP contribution is -2.36. The summed E-state index contributed by atoms with van der Waals surface area (Å²) in [6.07, 6.45) is -3.89. The number of aryl methyl sites for hydroxylation is 1. The third kappa shape index (κ3) is 3.17. The number of ketones is 2. The normalized spacial score (nSPS) is 19.9. The molecule has 0 aromatic heterocycles. The Morgan fingerprint density at radius 3 is 2.05 bits per heavy atom. The minimum atomic E-state index is -4.42. The Kier molecular flexibility index (Phi) is 3.72. The largest absolute Gasteiger partial charge is 0.416 e. The molecule has 114 valence electrons. The molecule has 1 saturated carbocycles. The SMILES string of the molecule is Cc1cc(C(F)(F)F)ccc1C1C(=O)CC(C)(C)CC1=O. The third-order valence-electron chi connectivity index (χ3n) is 3.86. The Hall–Kier alpha value is -1.65. The first-order chi connectivity index (χ1) is 9.51. The van der Waals surface area contributed by atoms with Crippen LogP contribution in [0.25, 0.3) is 0 Å². The van der Waals surface area contributed by atoms with Crippen LogP contribution in [0, 0.1) is 12.3 Å². The molecule has 1 aliphatic carbocycles. The van der Waals surface area contributed by atoms with Gasteiger partial charge in [-0.05, 0) is 35.6 Å². The molecule has 0 saturated heterocycles. The number of rotatable bonds is 1. The Balaban J connectivity index is 2.39. The van der Waals surface area contributed by atoms with Crippen LogP contribution in [0.15, 0.2) is 18.2 Å². The second kappa shape index (κ2) is 4.97. The van der Waals surface area contributed by atoms with Crippen molar-refractivity contribution in [2.75, 3.05) is 0 Å². The van der Waals surface area contributed by atoms with Gasteiger partial charge in [-0.15, -0.1) is 0 Å². The van der Waals surface area contributed by atoms with Crippen LogP contribution in [-0.4, -0.2) is 11.6 Å². The van der Waals surface area contributed by atoms with Gasteiger partial charge in [0.25, 0.3) is 0 Å². The smallest absolute Gasteiger partial charge is 0.299 e. The molecule has 1 aromatic carbocycles. The fraction of sp³-hybridized carbons (Fsp3) is 0.500. The zero-order chi connectivity index (χ0) is 16.0. The summed E-state index contributed by atoms with van der Waals surface area (Å²) < 4.78 is 38.0. The Morgan fingerprint density at radius 2 is 1.62 bits per heavy atom. The fourth-order valence-electron chi connectivity index (χ4n) is 2.91. The first-order valence-electron chi connectivity index (χ1n) is 6.74. The molecule has 0 heterocycles. The maximum atomic E-state index is 12.7. The molecule has 1 aliphatic rings. The molecule has 2 nitrogen and oxygen atoms in total. The van der Waals surface area contributed by atoms with Gasteiger partial charge in [-0.1, -0.05) is 19.9 Å². The highest BCUT2D eigenvalue weighted by atomic mass is 19.4. The van der Waals surface area contributed by atoms with Gasteiger partial charge in [-0.25, -0.2) is 0 Å². The zero-order valence-corrected chi connectivity index (χ0v) is 12.2. The van der Waals surface area contributed by atoms with Gasteiger partial charge in [-0.3, -0.25) is 9.59 Å². The number of alkyl halides is 3. The summed E-state index contributed by atoms with van der Waals surface area (Å²) in [5, 5.41) is 0. The topological polar surface area (TPSA) is 34.1 Å². The highest BCUT2D eigenvalue weighted by molar-refractivity contribution is 6.10. The molecule has 5 heteroatoms. The molecular weight excluding hydrogens is 281 g/mol. The average Bonchev–Trinajstić information content (AvgIpc) is 2.27. The zero-order valence-electron chi connectivity index (χ0n) is 12.2. The lowest BCUT2D eigenvalue weighted by molar-refractivity contribution is -0.137. The van der Waals surface area contributed by atoms with Crippen LogP contribution < -0.4 is 0 Å². The first-order valence-corrected chi connectivity index (χ1v) is 6.74. The van der Waals surface area contributed by atoms with E-state index in [0.29, 0.717) is 11.1 Å². The van der Waals surface area contributed by atoms with E-state index in [0.717, 1.165) is 12.1 Å². The maximum Gasteiger partial charge on any atom is 0.416 e. The van der Waals surface area contributed by atoms with E-state index in [9.17, 15) is 22.8 Å². The van der Waals surface area contributed by atoms with E-state index in [1.54, 1.807) is 0 Å². The van der Waals surface area contributed by atoms with E-state index in [2.05, 4.69) is 0 Å². The maximum absolute atomic E-state index is 12.7. The lowest BCUT2D eigenvalue weighted by Gasteiger charge is -2.32. The molecule has 0 radical (unpaired) electrons. The van der Waals surface area contributed by atoms with Crippen molar-refractivity contribution in [3.05, 3.63) is 34.9 Å². The summed E-state index contributed by atoms with van der Waals surface area (Å²) in [5.74, 6) is -1.33. The van der Waals surface area contributed by atoms with E-state index < -0.39 is 17.7 Å². The molecule has 1 aromatic rings. The van der Waals surface area contributed by atoms with E-state index in [1.807, 2.05) is 13.8 Å². The lowest BCUT2D eigenvalue weighted by atomic mass is 9.69. The van der Waals surface area contributed by atoms with Crippen molar-refractivity contribution in [3.63, 3.8) is 0 Å². The van der Waals surface area contributed by atoms with Gasteiger partial charge in [0, 0.05) is 12.8 Å². The molecule has 0 bridgehead atoms. The van der Waals surface area contributed by atoms with Crippen LogP contribution >= 0.6 is 0 Å². The summed E-state index contributed by atoms with van der Waals surface area (Å²) in [5.41, 5.74) is -0.408. The number of halogens is 3. The van der Waals surface area contributed by atoms with Crippen molar-refractivity contribution in [3.8, 4) is 0 Å². The first kappa shape index (κ1) is 15.7. The summed E-state index contributed by atoms with van der Waals surface area (Å²) in [7, 11) is 0. The molecule has 1 fully saturated rings.